The summed E-state index contributed by atoms with van der Waals surface area (Å²) in [5, 5.41) is 16.7. The summed E-state index contributed by atoms with van der Waals surface area (Å²) in [6, 6.07) is 21.7. The van der Waals surface area contributed by atoms with Crippen LogP contribution in [0.25, 0.3) is 16.6 Å². The molecule has 5 aromatic rings. The zero-order valence-corrected chi connectivity index (χ0v) is 24.1. The second-order valence-electron chi connectivity index (χ2n) is 8.27. The first-order valence-electron chi connectivity index (χ1n) is 12.0. The normalized spacial score (nSPS) is 11.2. The van der Waals surface area contributed by atoms with Gasteiger partial charge in [0.25, 0.3) is 11.8 Å². The molecular formula is C29H22N4O3S4. The summed E-state index contributed by atoms with van der Waals surface area (Å²) in [5.74, 6) is -0.825. The van der Waals surface area contributed by atoms with Crippen molar-refractivity contribution in [1.29, 1.82) is 0 Å². The number of carbonyl (C=O) groups excluding carboxylic acids is 3. The van der Waals surface area contributed by atoms with Gasteiger partial charge in [-0.3, -0.25) is 14.4 Å². The van der Waals surface area contributed by atoms with Crippen molar-refractivity contribution in [2.45, 2.75) is 4.90 Å². The van der Waals surface area contributed by atoms with Crippen molar-refractivity contribution in [1.82, 2.24) is 10.3 Å². The molecule has 0 bridgehead atoms. The first-order chi connectivity index (χ1) is 19.5. The van der Waals surface area contributed by atoms with Gasteiger partial charge in [0.05, 0.1) is 16.3 Å². The molecule has 0 unspecified atom stereocenters. The molecule has 40 heavy (non-hydrogen) atoms. The van der Waals surface area contributed by atoms with Gasteiger partial charge in [0.1, 0.15) is 5.70 Å². The second-order valence-corrected chi connectivity index (χ2v) is 11.9. The van der Waals surface area contributed by atoms with Crippen LogP contribution in [-0.4, -0.2) is 28.5 Å². The average molecular weight is 603 g/mol. The zero-order valence-electron chi connectivity index (χ0n) is 20.8. The van der Waals surface area contributed by atoms with Gasteiger partial charge in [0, 0.05) is 21.5 Å². The first-order valence-corrected chi connectivity index (χ1v) is 15.7. The van der Waals surface area contributed by atoms with Gasteiger partial charge in [-0.15, -0.1) is 34.4 Å². The number of thioether (sulfide) groups is 1. The number of thiophene rings is 2. The standard InChI is InChI=1S/C29H22N4O3S4/c34-26(33-29-32-24(17-40-29)25-10-5-12-38-25)18-39-22-9-4-8-21(15-22)30-28(36)23(14-19-11-13-37-16-19)31-27(35)20-6-2-1-3-7-20/h1-17H,18H2,(H,30,36)(H,31,35)(H,32,33,34)/b23-14-. The first kappa shape index (κ1) is 27.5. The lowest BCUT2D eigenvalue weighted by Gasteiger charge is -2.12. The van der Waals surface area contributed by atoms with Crippen LogP contribution >= 0.6 is 45.8 Å². The lowest BCUT2D eigenvalue weighted by atomic mass is 10.2. The lowest BCUT2D eigenvalue weighted by molar-refractivity contribution is -0.114. The van der Waals surface area contributed by atoms with Crippen LogP contribution in [0.2, 0.25) is 0 Å². The maximum Gasteiger partial charge on any atom is 0.272 e. The smallest absolute Gasteiger partial charge is 0.272 e. The van der Waals surface area contributed by atoms with Crippen molar-refractivity contribution in [3.63, 3.8) is 0 Å². The maximum atomic E-state index is 13.2. The Kier molecular flexibility index (Phi) is 9.19. The molecule has 3 N–H and O–H groups in total. The molecule has 2 aromatic carbocycles. The van der Waals surface area contributed by atoms with Gasteiger partial charge in [0.15, 0.2) is 5.13 Å². The molecule has 3 heterocycles. The largest absolute Gasteiger partial charge is 0.321 e. The van der Waals surface area contributed by atoms with Crippen molar-refractivity contribution in [2.24, 2.45) is 0 Å². The Morgan fingerprint density at radius 2 is 1.75 bits per heavy atom. The lowest BCUT2D eigenvalue weighted by Crippen LogP contribution is -2.30. The predicted molar refractivity (Wildman–Crippen MR) is 166 cm³/mol. The van der Waals surface area contributed by atoms with E-state index < -0.39 is 5.91 Å². The van der Waals surface area contributed by atoms with Crippen LogP contribution in [0.15, 0.2) is 105 Å². The fourth-order valence-corrected chi connectivity index (χ4v) is 6.36. The summed E-state index contributed by atoms with van der Waals surface area (Å²) in [7, 11) is 0. The number of hydrogen-bond acceptors (Lipinski definition) is 8. The fourth-order valence-electron chi connectivity index (χ4n) is 3.50. The van der Waals surface area contributed by atoms with Crippen LogP contribution in [0.3, 0.4) is 0 Å². The predicted octanol–water partition coefficient (Wildman–Crippen LogP) is 7.07. The van der Waals surface area contributed by atoms with E-state index in [4.69, 9.17) is 0 Å². The van der Waals surface area contributed by atoms with E-state index in [0.717, 1.165) is 21.0 Å². The molecule has 3 amide bonds. The highest BCUT2D eigenvalue weighted by atomic mass is 32.2. The van der Waals surface area contributed by atoms with Gasteiger partial charge in [-0.1, -0.05) is 30.3 Å². The van der Waals surface area contributed by atoms with Gasteiger partial charge in [-0.25, -0.2) is 4.98 Å². The Morgan fingerprint density at radius 3 is 2.52 bits per heavy atom. The van der Waals surface area contributed by atoms with Crippen LogP contribution in [-0.2, 0) is 9.59 Å². The number of amides is 3. The quantitative estimate of drug-likeness (QED) is 0.117. The van der Waals surface area contributed by atoms with Crippen LogP contribution < -0.4 is 16.0 Å². The summed E-state index contributed by atoms with van der Waals surface area (Å²) < 4.78 is 0. The van der Waals surface area contributed by atoms with Gasteiger partial charge < -0.3 is 16.0 Å². The molecule has 0 aliphatic carbocycles. The zero-order chi connectivity index (χ0) is 27.7. The number of thiazole rings is 1. The molecule has 0 saturated carbocycles. The number of carbonyl (C=O) groups is 3. The molecule has 3 aromatic heterocycles. The molecule has 0 spiro atoms. The Balaban J connectivity index is 1.20. The van der Waals surface area contributed by atoms with Crippen molar-refractivity contribution in [3.8, 4) is 10.6 Å². The Hall–Kier alpha value is -4.03. The summed E-state index contributed by atoms with van der Waals surface area (Å²) in [5.41, 5.74) is 2.76. The molecule has 11 heteroatoms. The maximum absolute atomic E-state index is 13.2. The third-order valence-electron chi connectivity index (χ3n) is 5.37. The number of anilines is 2. The molecule has 200 valence electrons. The van der Waals surface area contributed by atoms with Crippen LogP contribution in [0, 0.1) is 0 Å². The summed E-state index contributed by atoms with van der Waals surface area (Å²) >= 11 is 5.83. The Bertz CT molecular complexity index is 1630. The van der Waals surface area contributed by atoms with E-state index in [1.54, 1.807) is 59.9 Å². The minimum atomic E-state index is -0.458. The number of nitrogens with one attached hydrogen (secondary N) is 3. The van der Waals surface area contributed by atoms with E-state index in [1.165, 1.54) is 34.4 Å². The fraction of sp³-hybridized carbons (Fsp3) is 0.0345. The van der Waals surface area contributed by atoms with E-state index >= 15 is 0 Å². The highest BCUT2D eigenvalue weighted by Crippen LogP contribution is 2.29. The monoisotopic (exact) mass is 602 g/mol. The van der Waals surface area contributed by atoms with Crippen molar-refractivity contribution in [2.75, 3.05) is 16.4 Å². The number of hydrogen-bond donors (Lipinski definition) is 3. The van der Waals surface area contributed by atoms with Crippen molar-refractivity contribution < 1.29 is 14.4 Å². The second kappa shape index (κ2) is 13.4. The van der Waals surface area contributed by atoms with Crippen molar-refractivity contribution >= 4 is 80.4 Å². The molecule has 0 fully saturated rings. The molecular weight excluding hydrogens is 581 g/mol. The van der Waals surface area contributed by atoms with Crippen molar-refractivity contribution in [3.05, 3.63) is 111 Å². The summed E-state index contributed by atoms with van der Waals surface area (Å²) in [6.07, 6.45) is 1.64. The molecule has 0 aliphatic heterocycles. The van der Waals surface area contributed by atoms with E-state index in [1.807, 2.05) is 51.9 Å². The molecule has 0 radical (unpaired) electrons. The van der Waals surface area contributed by atoms with E-state index in [-0.39, 0.29) is 23.3 Å². The highest BCUT2D eigenvalue weighted by Gasteiger charge is 2.16. The van der Waals surface area contributed by atoms with Gasteiger partial charge in [0.2, 0.25) is 5.91 Å². The minimum Gasteiger partial charge on any atom is -0.321 e. The SMILES string of the molecule is O=C(CSc1cccc(NC(=O)/C(=C/c2ccsc2)NC(=O)c2ccccc2)c1)Nc1nc(-c2cccs2)cs1. The highest BCUT2D eigenvalue weighted by molar-refractivity contribution is 8.00. The Morgan fingerprint density at radius 1 is 0.875 bits per heavy atom. The number of nitrogens with zero attached hydrogens (tertiary/aromatic N) is 1. The molecule has 5 rings (SSSR count). The molecule has 0 aliphatic rings. The summed E-state index contributed by atoms with van der Waals surface area (Å²) in [6.45, 7) is 0. The number of aromatic nitrogens is 1. The van der Waals surface area contributed by atoms with Crippen LogP contribution in [0.4, 0.5) is 10.8 Å². The average Bonchev–Trinajstić information content (AvgIpc) is 3.76. The third kappa shape index (κ3) is 7.54. The third-order valence-corrected chi connectivity index (χ3v) is 8.71. The minimum absolute atomic E-state index is 0.120. The van der Waals surface area contributed by atoms with Gasteiger partial charge in [-0.05, 0) is 70.2 Å². The topological polar surface area (TPSA) is 100 Å². The van der Waals surface area contributed by atoms with E-state index in [0.29, 0.717) is 16.4 Å². The van der Waals surface area contributed by atoms with Crippen LogP contribution in [0.1, 0.15) is 15.9 Å². The van der Waals surface area contributed by atoms with E-state index in [9.17, 15) is 14.4 Å². The number of benzene rings is 2. The number of rotatable bonds is 10. The Labute approximate surface area is 247 Å². The molecule has 7 nitrogen and oxygen atoms in total. The molecule has 0 saturated heterocycles. The molecule has 0 atom stereocenters. The summed E-state index contributed by atoms with van der Waals surface area (Å²) in [4.78, 5) is 44.8. The van der Waals surface area contributed by atoms with Gasteiger partial charge >= 0.3 is 0 Å². The van der Waals surface area contributed by atoms with E-state index in [2.05, 4.69) is 20.9 Å². The van der Waals surface area contributed by atoms with Gasteiger partial charge in [-0.2, -0.15) is 11.3 Å². The van der Waals surface area contributed by atoms with Crippen LogP contribution in [0.5, 0.6) is 0 Å².